The lowest BCUT2D eigenvalue weighted by molar-refractivity contribution is -0.0107. The minimum absolute atomic E-state index is 1.02. The Kier molecular flexibility index (Phi) is 5.07. The Morgan fingerprint density at radius 3 is 2.35 bits per heavy atom. The molecule has 0 aromatic rings. The van der Waals surface area contributed by atoms with E-state index in [4.69, 9.17) is 0 Å². The van der Waals surface area contributed by atoms with E-state index in [0.717, 1.165) is 47.3 Å². The topological polar surface area (TPSA) is 0 Å². The van der Waals surface area contributed by atoms with Crippen molar-refractivity contribution in [2.45, 2.75) is 97.3 Å². The highest BCUT2D eigenvalue weighted by Gasteiger charge is 2.49. The minimum Gasteiger partial charge on any atom is -0.0654 e. The van der Waals surface area contributed by atoms with E-state index < -0.39 is 0 Å². The lowest BCUT2D eigenvalue weighted by atomic mass is 9.55. The van der Waals surface area contributed by atoms with Gasteiger partial charge < -0.3 is 0 Å². The van der Waals surface area contributed by atoms with E-state index in [2.05, 4.69) is 13.8 Å². The summed E-state index contributed by atoms with van der Waals surface area (Å²) in [5, 5.41) is 0. The quantitative estimate of drug-likeness (QED) is 0.519. The molecule has 0 radical (unpaired) electrons. The largest absolute Gasteiger partial charge is 0.0654 e. The summed E-state index contributed by atoms with van der Waals surface area (Å²) in [4.78, 5) is 0. The highest BCUT2D eigenvalue weighted by Crippen LogP contribution is 2.57. The molecule has 8 unspecified atom stereocenters. The lowest BCUT2D eigenvalue weighted by Crippen LogP contribution is -2.43. The second kappa shape index (κ2) is 7.09. The highest BCUT2D eigenvalue weighted by molar-refractivity contribution is 4.98. The number of hydrogen-bond acceptors (Lipinski definition) is 0. The molecular formula is C23H40. The van der Waals surface area contributed by atoms with E-state index in [9.17, 15) is 0 Å². The van der Waals surface area contributed by atoms with E-state index in [-0.39, 0.29) is 0 Å². The summed E-state index contributed by atoms with van der Waals surface area (Å²) < 4.78 is 0. The third kappa shape index (κ3) is 3.13. The Morgan fingerprint density at radius 2 is 1.48 bits per heavy atom. The van der Waals surface area contributed by atoms with Crippen LogP contribution in [0.1, 0.15) is 97.3 Å². The Morgan fingerprint density at radius 1 is 0.739 bits per heavy atom. The lowest BCUT2D eigenvalue weighted by Gasteiger charge is -2.50. The maximum atomic E-state index is 2.63. The van der Waals surface area contributed by atoms with Gasteiger partial charge in [0, 0.05) is 0 Å². The fraction of sp³-hybridized carbons (Fsp3) is 1.00. The molecule has 0 aromatic heterocycles. The van der Waals surface area contributed by atoms with Crippen LogP contribution in [-0.2, 0) is 0 Å². The molecule has 0 saturated heterocycles. The fourth-order valence-corrected chi connectivity index (χ4v) is 7.92. The van der Waals surface area contributed by atoms with Crippen LogP contribution in [-0.4, -0.2) is 0 Å². The second-order valence-electron chi connectivity index (χ2n) is 9.98. The Bertz CT molecular complexity index is 385. The smallest absolute Gasteiger partial charge is 0.0324 e. The van der Waals surface area contributed by atoms with Gasteiger partial charge in [-0.05, 0) is 85.9 Å². The molecule has 0 heteroatoms. The van der Waals surface area contributed by atoms with Gasteiger partial charge in [-0.15, -0.1) is 0 Å². The molecule has 4 saturated carbocycles. The average Bonchev–Trinajstić information content (AvgIpc) is 3.20. The van der Waals surface area contributed by atoms with Crippen LogP contribution in [0.2, 0.25) is 0 Å². The Labute approximate surface area is 145 Å². The molecule has 132 valence electrons. The first-order chi connectivity index (χ1) is 11.3. The van der Waals surface area contributed by atoms with Gasteiger partial charge in [-0.3, -0.25) is 0 Å². The van der Waals surface area contributed by atoms with Crippen LogP contribution in [0.4, 0.5) is 0 Å². The SMILES string of the molecule is CCCCC1C(C)CC2CCCC2C1C1CCC2CCCC2C1. The van der Waals surface area contributed by atoms with Crippen molar-refractivity contribution in [3.05, 3.63) is 0 Å². The predicted molar refractivity (Wildman–Crippen MR) is 99.3 cm³/mol. The summed E-state index contributed by atoms with van der Waals surface area (Å²) >= 11 is 0. The molecule has 4 aliphatic carbocycles. The van der Waals surface area contributed by atoms with Crippen LogP contribution in [0.15, 0.2) is 0 Å². The van der Waals surface area contributed by atoms with Crippen molar-refractivity contribution in [1.29, 1.82) is 0 Å². The summed E-state index contributed by atoms with van der Waals surface area (Å²) in [6.45, 7) is 5.02. The predicted octanol–water partition coefficient (Wildman–Crippen LogP) is 7.08. The summed E-state index contributed by atoms with van der Waals surface area (Å²) in [6, 6.07) is 0. The molecule has 0 nitrogen and oxygen atoms in total. The Hall–Kier alpha value is 0. The van der Waals surface area contributed by atoms with Crippen LogP contribution in [0.3, 0.4) is 0 Å². The van der Waals surface area contributed by atoms with Gasteiger partial charge in [-0.2, -0.15) is 0 Å². The molecule has 4 rings (SSSR count). The molecule has 0 heterocycles. The molecule has 0 aromatic carbocycles. The van der Waals surface area contributed by atoms with Crippen molar-refractivity contribution >= 4 is 0 Å². The van der Waals surface area contributed by atoms with Crippen LogP contribution in [0, 0.1) is 47.3 Å². The van der Waals surface area contributed by atoms with Crippen molar-refractivity contribution in [1.82, 2.24) is 0 Å². The van der Waals surface area contributed by atoms with Crippen LogP contribution >= 0.6 is 0 Å². The molecule has 0 N–H and O–H groups in total. The molecule has 8 atom stereocenters. The van der Waals surface area contributed by atoms with E-state index in [1.165, 1.54) is 12.8 Å². The maximum absolute atomic E-state index is 2.63. The maximum Gasteiger partial charge on any atom is -0.0324 e. The van der Waals surface area contributed by atoms with Gasteiger partial charge in [0.2, 0.25) is 0 Å². The molecule has 4 fully saturated rings. The number of rotatable bonds is 4. The van der Waals surface area contributed by atoms with Crippen molar-refractivity contribution in [2.75, 3.05) is 0 Å². The van der Waals surface area contributed by atoms with Crippen molar-refractivity contribution < 1.29 is 0 Å². The Balaban J connectivity index is 1.53. The average molecular weight is 317 g/mol. The summed E-state index contributed by atoms with van der Waals surface area (Å²) in [5.41, 5.74) is 0. The zero-order valence-corrected chi connectivity index (χ0v) is 15.8. The van der Waals surface area contributed by atoms with E-state index in [0.29, 0.717) is 0 Å². The standard InChI is InChI=1S/C23H40/c1-3-4-10-21-16(2)14-19-9-6-11-22(19)23(21)20-13-12-17-7-5-8-18(17)15-20/h16-23H,3-15H2,1-2H3. The fourth-order valence-electron chi connectivity index (χ4n) is 7.92. The molecule has 0 amide bonds. The molecule has 0 bridgehead atoms. The molecule has 4 aliphatic rings. The summed E-state index contributed by atoms with van der Waals surface area (Å²) in [5.74, 6) is 8.87. The first-order valence-electron chi connectivity index (χ1n) is 11.3. The molecule has 0 spiro atoms. The van der Waals surface area contributed by atoms with Gasteiger partial charge >= 0.3 is 0 Å². The first kappa shape index (κ1) is 16.5. The van der Waals surface area contributed by atoms with Gasteiger partial charge in [0.1, 0.15) is 0 Å². The zero-order chi connectivity index (χ0) is 15.8. The van der Waals surface area contributed by atoms with E-state index >= 15 is 0 Å². The van der Waals surface area contributed by atoms with Crippen molar-refractivity contribution in [3.8, 4) is 0 Å². The third-order valence-electron chi connectivity index (χ3n) is 8.88. The normalized spacial score (nSPS) is 49.8. The summed E-state index contributed by atoms with van der Waals surface area (Å²) in [7, 11) is 0. The second-order valence-corrected chi connectivity index (χ2v) is 9.98. The number of fused-ring (bicyclic) bond motifs is 2. The zero-order valence-electron chi connectivity index (χ0n) is 15.8. The van der Waals surface area contributed by atoms with Gasteiger partial charge in [0.05, 0.1) is 0 Å². The van der Waals surface area contributed by atoms with Gasteiger partial charge in [-0.25, -0.2) is 0 Å². The molecule has 0 aliphatic heterocycles. The van der Waals surface area contributed by atoms with Gasteiger partial charge in [0.15, 0.2) is 0 Å². The monoisotopic (exact) mass is 316 g/mol. The van der Waals surface area contributed by atoms with Gasteiger partial charge in [-0.1, -0.05) is 58.8 Å². The third-order valence-corrected chi connectivity index (χ3v) is 8.88. The number of unbranched alkanes of at least 4 members (excludes halogenated alkanes) is 1. The van der Waals surface area contributed by atoms with Gasteiger partial charge in [0.25, 0.3) is 0 Å². The van der Waals surface area contributed by atoms with Crippen molar-refractivity contribution in [2.24, 2.45) is 47.3 Å². The van der Waals surface area contributed by atoms with Crippen LogP contribution in [0.5, 0.6) is 0 Å². The van der Waals surface area contributed by atoms with E-state index in [1.54, 1.807) is 70.6 Å². The molecule has 23 heavy (non-hydrogen) atoms. The van der Waals surface area contributed by atoms with Crippen LogP contribution in [0.25, 0.3) is 0 Å². The van der Waals surface area contributed by atoms with Crippen LogP contribution < -0.4 is 0 Å². The van der Waals surface area contributed by atoms with E-state index in [1.807, 2.05) is 0 Å². The highest BCUT2D eigenvalue weighted by atomic mass is 14.5. The first-order valence-corrected chi connectivity index (χ1v) is 11.3. The van der Waals surface area contributed by atoms with Crippen molar-refractivity contribution in [3.63, 3.8) is 0 Å². The summed E-state index contributed by atoms with van der Waals surface area (Å²) in [6.07, 6.45) is 20.3. The number of hydrogen-bond donors (Lipinski definition) is 0. The molecular weight excluding hydrogens is 276 g/mol. The minimum atomic E-state index is 1.02.